The van der Waals surface area contributed by atoms with Crippen LogP contribution in [0.3, 0.4) is 0 Å². The van der Waals surface area contributed by atoms with E-state index in [9.17, 15) is 4.79 Å². The SMILES string of the molecule is COC(=O)COc1ccc(C#N)c(C#N)c1. The highest BCUT2D eigenvalue weighted by Crippen LogP contribution is 2.16. The standard InChI is InChI=1S/C11H8N2O3/c1-15-11(14)7-16-10-3-2-8(5-12)9(4-10)6-13/h2-4H,7H2,1H3. The van der Waals surface area contributed by atoms with E-state index in [0.717, 1.165) is 0 Å². The molecule has 0 saturated heterocycles. The van der Waals surface area contributed by atoms with Crippen LogP contribution in [0.15, 0.2) is 18.2 Å². The zero-order chi connectivity index (χ0) is 12.0. The number of esters is 1. The monoisotopic (exact) mass is 216 g/mol. The van der Waals surface area contributed by atoms with Gasteiger partial charge in [-0.05, 0) is 18.2 Å². The minimum atomic E-state index is -0.511. The Bertz CT molecular complexity index is 483. The van der Waals surface area contributed by atoms with Crippen molar-refractivity contribution in [3.63, 3.8) is 0 Å². The summed E-state index contributed by atoms with van der Waals surface area (Å²) in [6, 6.07) is 8.13. The van der Waals surface area contributed by atoms with E-state index in [0.29, 0.717) is 5.75 Å². The predicted octanol–water partition coefficient (Wildman–Crippen LogP) is 0.982. The highest BCUT2D eigenvalue weighted by Gasteiger charge is 2.05. The van der Waals surface area contributed by atoms with Gasteiger partial charge in [0, 0.05) is 0 Å². The van der Waals surface area contributed by atoms with Gasteiger partial charge in [-0.3, -0.25) is 0 Å². The number of rotatable bonds is 3. The minimum absolute atomic E-state index is 0.213. The van der Waals surface area contributed by atoms with Gasteiger partial charge in [0.1, 0.15) is 17.9 Å². The van der Waals surface area contributed by atoms with Gasteiger partial charge in [0.05, 0.1) is 18.2 Å². The second-order valence-electron chi connectivity index (χ2n) is 2.80. The number of carbonyl (C=O) groups excluding carboxylic acids is 1. The molecule has 0 spiro atoms. The second kappa shape index (κ2) is 5.38. The third-order valence-electron chi connectivity index (χ3n) is 1.82. The lowest BCUT2D eigenvalue weighted by Gasteiger charge is -2.05. The number of methoxy groups -OCH3 is 1. The summed E-state index contributed by atoms with van der Waals surface area (Å²) < 4.78 is 9.46. The molecule has 0 N–H and O–H groups in total. The smallest absolute Gasteiger partial charge is 0.343 e. The Balaban J connectivity index is 2.81. The van der Waals surface area contributed by atoms with E-state index in [2.05, 4.69) is 4.74 Å². The van der Waals surface area contributed by atoms with Crippen molar-refractivity contribution in [1.82, 2.24) is 0 Å². The maximum absolute atomic E-state index is 10.8. The third kappa shape index (κ3) is 2.73. The molecule has 0 unspecified atom stereocenters. The molecule has 0 radical (unpaired) electrons. The van der Waals surface area contributed by atoms with Crippen molar-refractivity contribution in [2.24, 2.45) is 0 Å². The van der Waals surface area contributed by atoms with Crippen LogP contribution in [0.4, 0.5) is 0 Å². The summed E-state index contributed by atoms with van der Waals surface area (Å²) in [7, 11) is 1.26. The Morgan fingerprint density at radius 1 is 1.31 bits per heavy atom. The van der Waals surface area contributed by atoms with Gasteiger partial charge in [-0.1, -0.05) is 0 Å². The van der Waals surface area contributed by atoms with Crippen LogP contribution in [-0.4, -0.2) is 19.7 Å². The first-order chi connectivity index (χ1) is 7.71. The second-order valence-corrected chi connectivity index (χ2v) is 2.80. The van der Waals surface area contributed by atoms with Crippen LogP contribution >= 0.6 is 0 Å². The summed E-state index contributed by atoms with van der Waals surface area (Å²) in [6.07, 6.45) is 0. The highest BCUT2D eigenvalue weighted by molar-refractivity contribution is 5.70. The lowest BCUT2D eigenvalue weighted by atomic mass is 10.1. The quantitative estimate of drug-likeness (QED) is 0.703. The molecule has 0 amide bonds. The van der Waals surface area contributed by atoms with E-state index >= 15 is 0 Å². The summed E-state index contributed by atoms with van der Waals surface area (Å²) in [5.41, 5.74) is 0.484. The number of carbonyl (C=O) groups is 1. The maximum Gasteiger partial charge on any atom is 0.343 e. The van der Waals surface area contributed by atoms with Gasteiger partial charge in [-0.25, -0.2) is 4.79 Å². The summed E-state index contributed by atoms with van der Waals surface area (Å²) in [6.45, 7) is -0.229. The molecule has 0 heterocycles. The summed E-state index contributed by atoms with van der Waals surface area (Å²) in [5, 5.41) is 17.4. The van der Waals surface area contributed by atoms with Crippen molar-refractivity contribution in [2.75, 3.05) is 13.7 Å². The van der Waals surface area contributed by atoms with Crippen LogP contribution in [-0.2, 0) is 9.53 Å². The molecular formula is C11H8N2O3. The van der Waals surface area contributed by atoms with Gasteiger partial charge in [0.25, 0.3) is 0 Å². The predicted molar refractivity (Wildman–Crippen MR) is 53.4 cm³/mol. The first-order valence-electron chi connectivity index (χ1n) is 4.35. The topological polar surface area (TPSA) is 83.1 Å². The Morgan fingerprint density at radius 2 is 2.00 bits per heavy atom. The number of benzene rings is 1. The molecule has 0 fully saturated rings. The zero-order valence-corrected chi connectivity index (χ0v) is 8.56. The van der Waals surface area contributed by atoms with Gasteiger partial charge >= 0.3 is 5.97 Å². The van der Waals surface area contributed by atoms with Gasteiger partial charge in [-0.2, -0.15) is 10.5 Å². The molecule has 0 aliphatic heterocycles. The first kappa shape index (κ1) is 11.5. The van der Waals surface area contributed by atoms with E-state index in [1.54, 1.807) is 0 Å². The molecule has 1 aromatic rings. The molecule has 0 aliphatic rings. The molecule has 0 aliphatic carbocycles. The lowest BCUT2D eigenvalue weighted by molar-refractivity contribution is -0.142. The number of hydrogen-bond donors (Lipinski definition) is 0. The van der Waals surface area contributed by atoms with Crippen molar-refractivity contribution in [1.29, 1.82) is 10.5 Å². The molecule has 80 valence electrons. The molecular weight excluding hydrogens is 208 g/mol. The van der Waals surface area contributed by atoms with Gasteiger partial charge < -0.3 is 9.47 Å². The Morgan fingerprint density at radius 3 is 2.56 bits per heavy atom. The number of nitriles is 2. The van der Waals surface area contributed by atoms with E-state index in [1.807, 2.05) is 12.1 Å². The number of ether oxygens (including phenoxy) is 2. The average molecular weight is 216 g/mol. The molecule has 0 aromatic heterocycles. The van der Waals surface area contributed by atoms with Crippen LogP contribution in [0.5, 0.6) is 5.75 Å². The molecule has 0 saturated carbocycles. The summed E-state index contributed by atoms with van der Waals surface area (Å²) in [5.74, 6) is -0.163. The van der Waals surface area contributed by atoms with E-state index in [-0.39, 0.29) is 17.7 Å². The van der Waals surface area contributed by atoms with Crippen molar-refractivity contribution in [2.45, 2.75) is 0 Å². The van der Waals surface area contributed by atoms with Crippen LogP contribution in [0, 0.1) is 22.7 Å². The Kier molecular flexibility index (Phi) is 3.88. The van der Waals surface area contributed by atoms with Crippen molar-refractivity contribution in [3.05, 3.63) is 29.3 Å². The van der Waals surface area contributed by atoms with Crippen LogP contribution in [0.1, 0.15) is 11.1 Å². The largest absolute Gasteiger partial charge is 0.482 e. The summed E-state index contributed by atoms with van der Waals surface area (Å²) >= 11 is 0. The van der Waals surface area contributed by atoms with Gasteiger partial charge in [-0.15, -0.1) is 0 Å². The van der Waals surface area contributed by atoms with Gasteiger partial charge in [0.15, 0.2) is 6.61 Å². The Hall–Kier alpha value is -2.53. The fraction of sp³-hybridized carbons (Fsp3) is 0.182. The van der Waals surface area contributed by atoms with Crippen LogP contribution in [0.25, 0.3) is 0 Å². The average Bonchev–Trinajstić information content (AvgIpc) is 2.35. The van der Waals surface area contributed by atoms with E-state index < -0.39 is 5.97 Å². The molecule has 0 atom stereocenters. The Labute approximate surface area is 92.4 Å². The molecule has 0 bridgehead atoms. The van der Waals surface area contributed by atoms with Crippen LogP contribution in [0.2, 0.25) is 0 Å². The number of hydrogen-bond acceptors (Lipinski definition) is 5. The van der Waals surface area contributed by atoms with E-state index in [4.69, 9.17) is 15.3 Å². The summed E-state index contributed by atoms with van der Waals surface area (Å²) in [4.78, 5) is 10.8. The van der Waals surface area contributed by atoms with Crippen LogP contribution < -0.4 is 4.74 Å². The molecule has 5 nitrogen and oxygen atoms in total. The van der Waals surface area contributed by atoms with Gasteiger partial charge in [0.2, 0.25) is 0 Å². The molecule has 16 heavy (non-hydrogen) atoms. The van der Waals surface area contributed by atoms with Crippen molar-refractivity contribution >= 4 is 5.97 Å². The fourth-order valence-electron chi connectivity index (χ4n) is 1.00. The highest BCUT2D eigenvalue weighted by atomic mass is 16.6. The van der Waals surface area contributed by atoms with Crippen molar-refractivity contribution < 1.29 is 14.3 Å². The van der Waals surface area contributed by atoms with Crippen molar-refractivity contribution in [3.8, 4) is 17.9 Å². The fourth-order valence-corrected chi connectivity index (χ4v) is 1.00. The van der Waals surface area contributed by atoms with E-state index in [1.165, 1.54) is 25.3 Å². The molecule has 5 heteroatoms. The molecule has 1 aromatic carbocycles. The zero-order valence-electron chi connectivity index (χ0n) is 8.56. The number of nitrogens with zero attached hydrogens (tertiary/aromatic N) is 2. The maximum atomic E-state index is 10.8. The lowest BCUT2D eigenvalue weighted by Crippen LogP contribution is -2.12. The minimum Gasteiger partial charge on any atom is -0.482 e. The first-order valence-corrected chi connectivity index (χ1v) is 4.35. The third-order valence-corrected chi connectivity index (χ3v) is 1.82. The normalized spacial score (nSPS) is 8.69. The molecule has 1 rings (SSSR count).